The largest absolute Gasteiger partial charge is 0.343 e. The van der Waals surface area contributed by atoms with Gasteiger partial charge in [-0.05, 0) is 48.4 Å². The fourth-order valence-electron chi connectivity index (χ4n) is 3.88. The Morgan fingerprint density at radius 2 is 1.91 bits per heavy atom. The predicted octanol–water partition coefficient (Wildman–Crippen LogP) is 3.60. The lowest BCUT2D eigenvalue weighted by Gasteiger charge is -2.19. The number of alkyl halides is 2. The fraction of sp³-hybridized carbons (Fsp3) is 0.240. The summed E-state index contributed by atoms with van der Waals surface area (Å²) in [6.45, 7) is 0.590. The van der Waals surface area contributed by atoms with E-state index in [9.17, 15) is 18.4 Å². The number of carbonyl (C=O) groups is 2. The van der Waals surface area contributed by atoms with Gasteiger partial charge in [-0.25, -0.2) is 8.78 Å². The molecule has 3 heterocycles. The second-order valence-electron chi connectivity index (χ2n) is 8.11. The highest BCUT2D eigenvalue weighted by Gasteiger charge is 2.47. The molecule has 0 bridgehead atoms. The number of aromatic nitrogens is 2. The van der Waals surface area contributed by atoms with Crippen molar-refractivity contribution >= 4 is 34.9 Å². The average Bonchev–Trinajstić information content (AvgIpc) is 3.15. The minimum atomic E-state index is -3.11. The third-order valence-corrected chi connectivity index (χ3v) is 5.54. The smallest absolute Gasteiger partial charge is 0.268 e. The Kier molecular flexibility index (Phi) is 6.32. The van der Waals surface area contributed by atoms with Crippen LogP contribution in [0.2, 0.25) is 0 Å². The number of fused-ring (bicyclic) bond motifs is 1. The summed E-state index contributed by atoms with van der Waals surface area (Å²) in [5, 5.41) is 12.1. The van der Waals surface area contributed by atoms with Crippen LogP contribution >= 0.6 is 0 Å². The Bertz CT molecular complexity index is 1330. The van der Waals surface area contributed by atoms with E-state index in [1.54, 1.807) is 18.3 Å². The molecule has 0 spiro atoms. The van der Waals surface area contributed by atoms with E-state index >= 15 is 0 Å². The van der Waals surface area contributed by atoms with Gasteiger partial charge in [0.1, 0.15) is 6.04 Å². The van der Waals surface area contributed by atoms with Crippen LogP contribution in [-0.2, 0) is 4.79 Å². The summed E-state index contributed by atoms with van der Waals surface area (Å²) in [7, 11) is 0. The Morgan fingerprint density at radius 1 is 1.18 bits per heavy atom. The number of amides is 2. The van der Waals surface area contributed by atoms with Crippen LogP contribution in [0.1, 0.15) is 33.6 Å². The first kappa shape index (κ1) is 23.0. The number of aryl methyl sites for hydroxylation is 1. The standard InChI is InChI=1S/C25H21F2N5O2/c1-16-10-18(6-8-29-16)3-2-17-4-5-22-21(11-17)20(7-9-30-22)24(34)31-14-23(33)32-15-25(26,27)12-19(32)13-28/h2-11,19H,12,14-15H2,1H3,(H,31,34). The van der Waals surface area contributed by atoms with Crippen molar-refractivity contribution in [3.8, 4) is 6.07 Å². The Balaban J connectivity index is 1.51. The summed E-state index contributed by atoms with van der Waals surface area (Å²) >= 11 is 0. The summed E-state index contributed by atoms with van der Waals surface area (Å²) in [5.41, 5.74) is 3.63. The molecule has 172 valence electrons. The summed E-state index contributed by atoms with van der Waals surface area (Å²) in [5.74, 6) is -4.38. The zero-order chi connectivity index (χ0) is 24.3. The summed E-state index contributed by atoms with van der Waals surface area (Å²) in [6, 6.07) is 11.4. The summed E-state index contributed by atoms with van der Waals surface area (Å²) in [4.78, 5) is 34.5. The van der Waals surface area contributed by atoms with Gasteiger partial charge in [0.2, 0.25) is 5.91 Å². The molecule has 1 aromatic carbocycles. The minimum absolute atomic E-state index is 0.302. The van der Waals surface area contributed by atoms with Crippen molar-refractivity contribution in [1.82, 2.24) is 20.2 Å². The van der Waals surface area contributed by atoms with E-state index in [0.717, 1.165) is 21.7 Å². The van der Waals surface area contributed by atoms with E-state index < -0.39 is 43.3 Å². The lowest BCUT2D eigenvalue weighted by Crippen LogP contribution is -2.43. The topological polar surface area (TPSA) is 99.0 Å². The van der Waals surface area contributed by atoms with E-state index in [0.29, 0.717) is 16.5 Å². The second-order valence-corrected chi connectivity index (χ2v) is 8.11. The Labute approximate surface area is 194 Å². The number of halogens is 2. The highest BCUT2D eigenvalue weighted by Crippen LogP contribution is 2.31. The van der Waals surface area contributed by atoms with E-state index in [2.05, 4.69) is 15.3 Å². The van der Waals surface area contributed by atoms with Crippen molar-refractivity contribution in [3.05, 3.63) is 71.2 Å². The van der Waals surface area contributed by atoms with Gasteiger partial charge in [-0.2, -0.15) is 5.26 Å². The monoisotopic (exact) mass is 461 g/mol. The Hall–Kier alpha value is -4.19. The number of nitrogens with zero attached hydrogens (tertiary/aromatic N) is 4. The molecule has 1 unspecified atom stereocenters. The van der Waals surface area contributed by atoms with Gasteiger partial charge in [0, 0.05) is 29.9 Å². The van der Waals surface area contributed by atoms with Crippen molar-refractivity contribution in [2.75, 3.05) is 13.1 Å². The van der Waals surface area contributed by atoms with Crippen molar-refractivity contribution < 1.29 is 18.4 Å². The lowest BCUT2D eigenvalue weighted by molar-refractivity contribution is -0.131. The molecular weight excluding hydrogens is 440 g/mol. The second kappa shape index (κ2) is 9.35. The average molecular weight is 461 g/mol. The van der Waals surface area contributed by atoms with Crippen LogP contribution in [0.4, 0.5) is 8.78 Å². The van der Waals surface area contributed by atoms with Crippen LogP contribution in [0, 0.1) is 18.3 Å². The zero-order valence-electron chi connectivity index (χ0n) is 18.3. The number of benzene rings is 1. The highest BCUT2D eigenvalue weighted by molar-refractivity contribution is 6.07. The molecule has 1 aliphatic rings. The number of rotatable bonds is 5. The van der Waals surface area contributed by atoms with Crippen LogP contribution in [0.25, 0.3) is 23.1 Å². The molecular formula is C25H21F2N5O2. The van der Waals surface area contributed by atoms with Crippen molar-refractivity contribution in [2.45, 2.75) is 25.3 Å². The maximum Gasteiger partial charge on any atom is 0.268 e. The third-order valence-electron chi connectivity index (χ3n) is 5.54. The first-order valence-electron chi connectivity index (χ1n) is 10.6. The van der Waals surface area contributed by atoms with Gasteiger partial charge in [-0.1, -0.05) is 18.2 Å². The van der Waals surface area contributed by atoms with Crippen molar-refractivity contribution in [2.24, 2.45) is 0 Å². The lowest BCUT2D eigenvalue weighted by atomic mass is 10.0. The molecule has 1 saturated heterocycles. The van der Waals surface area contributed by atoms with E-state index in [1.807, 2.05) is 43.3 Å². The number of hydrogen-bond acceptors (Lipinski definition) is 5. The zero-order valence-corrected chi connectivity index (χ0v) is 18.3. The van der Waals surface area contributed by atoms with E-state index in [-0.39, 0.29) is 0 Å². The first-order chi connectivity index (χ1) is 16.3. The molecule has 0 saturated carbocycles. The number of carbonyl (C=O) groups excluding carboxylic acids is 2. The Morgan fingerprint density at radius 3 is 2.65 bits per heavy atom. The molecule has 1 N–H and O–H groups in total. The molecule has 2 amide bonds. The third kappa shape index (κ3) is 5.07. The van der Waals surface area contributed by atoms with Crippen LogP contribution in [-0.4, -0.2) is 51.7 Å². The van der Waals surface area contributed by atoms with Gasteiger partial charge >= 0.3 is 0 Å². The molecule has 2 aromatic heterocycles. The number of pyridine rings is 2. The molecule has 1 aliphatic heterocycles. The molecule has 9 heteroatoms. The van der Waals surface area contributed by atoms with Crippen LogP contribution in [0.5, 0.6) is 0 Å². The number of nitriles is 1. The van der Waals surface area contributed by atoms with Gasteiger partial charge in [0.05, 0.1) is 30.2 Å². The fourth-order valence-corrected chi connectivity index (χ4v) is 3.88. The quantitative estimate of drug-likeness (QED) is 0.626. The number of hydrogen-bond donors (Lipinski definition) is 1. The normalized spacial score (nSPS) is 17.1. The van der Waals surface area contributed by atoms with E-state index in [4.69, 9.17) is 5.26 Å². The molecule has 7 nitrogen and oxygen atoms in total. The van der Waals surface area contributed by atoms with Gasteiger partial charge in [-0.3, -0.25) is 19.6 Å². The molecule has 1 atom stereocenters. The maximum atomic E-state index is 13.6. The minimum Gasteiger partial charge on any atom is -0.343 e. The highest BCUT2D eigenvalue weighted by atomic mass is 19.3. The maximum absolute atomic E-state index is 13.6. The summed E-state index contributed by atoms with van der Waals surface area (Å²) < 4.78 is 27.2. The molecule has 34 heavy (non-hydrogen) atoms. The van der Waals surface area contributed by atoms with Crippen molar-refractivity contribution in [3.63, 3.8) is 0 Å². The molecule has 3 aromatic rings. The van der Waals surface area contributed by atoms with Gasteiger partial charge in [0.25, 0.3) is 11.8 Å². The number of nitrogens with one attached hydrogen (secondary N) is 1. The van der Waals surface area contributed by atoms with Crippen LogP contribution in [0.15, 0.2) is 48.8 Å². The van der Waals surface area contributed by atoms with Crippen LogP contribution < -0.4 is 5.32 Å². The van der Waals surface area contributed by atoms with Gasteiger partial charge in [0.15, 0.2) is 0 Å². The molecule has 0 radical (unpaired) electrons. The first-order valence-corrected chi connectivity index (χ1v) is 10.6. The van der Waals surface area contributed by atoms with Gasteiger partial charge < -0.3 is 10.2 Å². The molecule has 0 aliphatic carbocycles. The van der Waals surface area contributed by atoms with E-state index in [1.165, 1.54) is 12.3 Å². The SMILES string of the molecule is Cc1cc(C=Cc2ccc3nccc(C(=O)NCC(=O)N4CC(F)(F)CC4C#N)c3c2)ccn1. The molecule has 1 fully saturated rings. The number of likely N-dealkylation sites (tertiary alicyclic amines) is 1. The molecule has 4 rings (SSSR count). The van der Waals surface area contributed by atoms with Crippen molar-refractivity contribution in [1.29, 1.82) is 5.26 Å². The predicted molar refractivity (Wildman–Crippen MR) is 123 cm³/mol. The van der Waals surface area contributed by atoms with Gasteiger partial charge in [-0.15, -0.1) is 0 Å². The summed E-state index contributed by atoms with van der Waals surface area (Å²) in [6.07, 6.45) is 6.35. The van der Waals surface area contributed by atoms with Crippen LogP contribution in [0.3, 0.4) is 0 Å².